The van der Waals surface area contributed by atoms with Crippen LogP contribution in [0.1, 0.15) is 64.1 Å². The molecule has 22 heavy (non-hydrogen) atoms. The van der Waals surface area contributed by atoms with E-state index < -0.39 is 0 Å². The van der Waals surface area contributed by atoms with Gasteiger partial charge in [-0.2, -0.15) is 4.98 Å². The van der Waals surface area contributed by atoms with E-state index in [0.717, 1.165) is 51.0 Å². The number of carbonyl (C=O) groups is 1. The quantitative estimate of drug-likeness (QED) is 0.820. The molecule has 1 saturated heterocycles. The first kappa shape index (κ1) is 16.8. The lowest BCUT2D eigenvalue weighted by Gasteiger charge is -2.31. The van der Waals surface area contributed by atoms with E-state index in [1.807, 2.05) is 4.90 Å². The molecule has 0 radical (unpaired) electrons. The van der Waals surface area contributed by atoms with Gasteiger partial charge < -0.3 is 14.7 Å². The van der Waals surface area contributed by atoms with Gasteiger partial charge in [-0.25, -0.2) is 4.79 Å². The van der Waals surface area contributed by atoms with Gasteiger partial charge in [0, 0.05) is 26.1 Å². The van der Waals surface area contributed by atoms with Gasteiger partial charge in [-0.15, -0.1) is 0 Å². The van der Waals surface area contributed by atoms with Gasteiger partial charge in [0.15, 0.2) is 5.82 Å². The van der Waals surface area contributed by atoms with Crippen LogP contribution in [0.3, 0.4) is 0 Å². The molecule has 6 nitrogen and oxygen atoms in total. The molecule has 1 unspecified atom stereocenters. The molecule has 1 N–H and O–H groups in total. The van der Waals surface area contributed by atoms with Crippen LogP contribution in [0, 0.1) is 5.92 Å². The van der Waals surface area contributed by atoms with E-state index in [-0.39, 0.29) is 11.9 Å². The highest BCUT2D eigenvalue weighted by atomic mass is 16.5. The second-order valence-corrected chi connectivity index (χ2v) is 6.52. The predicted octanol–water partition coefficient (Wildman–Crippen LogP) is 2.96. The van der Waals surface area contributed by atoms with Crippen molar-refractivity contribution >= 4 is 6.03 Å². The van der Waals surface area contributed by atoms with E-state index in [1.165, 1.54) is 0 Å². The van der Waals surface area contributed by atoms with Crippen molar-refractivity contribution in [3.63, 3.8) is 0 Å². The number of hydrogen-bond donors (Lipinski definition) is 1. The number of nitrogens with one attached hydrogen (secondary N) is 1. The molecule has 124 valence electrons. The Labute approximate surface area is 132 Å². The predicted molar refractivity (Wildman–Crippen MR) is 84.7 cm³/mol. The molecule has 0 spiro atoms. The van der Waals surface area contributed by atoms with E-state index in [9.17, 15) is 4.79 Å². The minimum absolute atomic E-state index is 0.0278. The second-order valence-electron chi connectivity index (χ2n) is 6.52. The maximum Gasteiger partial charge on any atom is 0.317 e. The minimum atomic E-state index is 0.0278. The Morgan fingerprint density at radius 2 is 2.32 bits per heavy atom. The zero-order valence-electron chi connectivity index (χ0n) is 14.0. The lowest BCUT2D eigenvalue weighted by Crippen LogP contribution is -2.45. The number of piperidine rings is 1. The largest absolute Gasteiger partial charge is 0.339 e. The first-order valence-corrected chi connectivity index (χ1v) is 8.45. The van der Waals surface area contributed by atoms with Gasteiger partial charge in [-0.1, -0.05) is 32.3 Å². The van der Waals surface area contributed by atoms with Gasteiger partial charge >= 0.3 is 6.03 Å². The molecule has 0 aromatic carbocycles. The number of rotatable bonds is 6. The number of carbonyl (C=O) groups excluding carboxylic acids is 1. The molecule has 0 aliphatic carbocycles. The lowest BCUT2D eigenvalue weighted by molar-refractivity contribution is 0.172. The van der Waals surface area contributed by atoms with E-state index in [0.29, 0.717) is 18.4 Å². The van der Waals surface area contributed by atoms with Crippen molar-refractivity contribution in [3.8, 4) is 0 Å². The van der Waals surface area contributed by atoms with Crippen molar-refractivity contribution in [2.24, 2.45) is 5.92 Å². The van der Waals surface area contributed by atoms with Gasteiger partial charge in [-0.3, -0.25) is 0 Å². The Hall–Kier alpha value is -1.59. The van der Waals surface area contributed by atoms with Crippen LogP contribution in [0.25, 0.3) is 0 Å². The molecular formula is C16H28N4O2. The molecule has 1 aliphatic heterocycles. The van der Waals surface area contributed by atoms with Gasteiger partial charge in [0.2, 0.25) is 5.89 Å². The molecule has 1 aromatic rings. The zero-order valence-corrected chi connectivity index (χ0v) is 14.0. The van der Waals surface area contributed by atoms with Crippen LogP contribution in [0.15, 0.2) is 4.52 Å². The van der Waals surface area contributed by atoms with E-state index >= 15 is 0 Å². The van der Waals surface area contributed by atoms with Crippen molar-refractivity contribution in [1.82, 2.24) is 20.4 Å². The highest BCUT2D eigenvalue weighted by Gasteiger charge is 2.28. The molecule has 1 aliphatic rings. The Balaban J connectivity index is 1.89. The maximum absolute atomic E-state index is 12.1. The summed E-state index contributed by atoms with van der Waals surface area (Å²) in [5.41, 5.74) is 0. The van der Waals surface area contributed by atoms with Crippen LogP contribution in [0.5, 0.6) is 0 Å². The number of urea groups is 1. The summed E-state index contributed by atoms with van der Waals surface area (Å²) in [5.74, 6) is 2.13. The number of hydrogen-bond acceptors (Lipinski definition) is 4. The van der Waals surface area contributed by atoms with Crippen LogP contribution >= 0.6 is 0 Å². The van der Waals surface area contributed by atoms with Gasteiger partial charge in [0.1, 0.15) is 0 Å². The van der Waals surface area contributed by atoms with E-state index in [4.69, 9.17) is 4.52 Å². The third kappa shape index (κ3) is 4.71. The highest BCUT2D eigenvalue weighted by molar-refractivity contribution is 5.74. The van der Waals surface area contributed by atoms with Gasteiger partial charge in [0.25, 0.3) is 0 Å². The Bertz CT molecular complexity index is 472. The molecule has 1 atom stereocenters. The third-order valence-corrected chi connectivity index (χ3v) is 3.94. The Morgan fingerprint density at radius 1 is 1.50 bits per heavy atom. The summed E-state index contributed by atoms with van der Waals surface area (Å²) in [6, 6.07) is 0.0278. The molecule has 0 saturated carbocycles. The topological polar surface area (TPSA) is 71.3 Å². The molecule has 2 rings (SSSR count). The van der Waals surface area contributed by atoms with Crippen LogP contribution in [0.4, 0.5) is 4.79 Å². The molecule has 1 aromatic heterocycles. The molecule has 2 amide bonds. The fourth-order valence-corrected chi connectivity index (χ4v) is 2.73. The lowest BCUT2D eigenvalue weighted by atomic mass is 9.98. The summed E-state index contributed by atoms with van der Waals surface area (Å²) >= 11 is 0. The third-order valence-electron chi connectivity index (χ3n) is 3.94. The minimum Gasteiger partial charge on any atom is -0.339 e. The SMILES string of the molecule is CCCCNC(=O)N1CCCC(c2nc(CC(C)C)no2)C1. The number of aromatic nitrogens is 2. The summed E-state index contributed by atoms with van der Waals surface area (Å²) in [5, 5.41) is 7.03. The summed E-state index contributed by atoms with van der Waals surface area (Å²) < 4.78 is 5.41. The zero-order chi connectivity index (χ0) is 15.9. The van der Waals surface area contributed by atoms with Crippen molar-refractivity contribution in [2.45, 2.75) is 58.8 Å². The monoisotopic (exact) mass is 308 g/mol. The fraction of sp³-hybridized carbons (Fsp3) is 0.812. The summed E-state index contributed by atoms with van der Waals surface area (Å²) in [7, 11) is 0. The normalized spacial score (nSPS) is 18.7. The van der Waals surface area contributed by atoms with Crippen molar-refractivity contribution < 1.29 is 9.32 Å². The molecule has 0 bridgehead atoms. The van der Waals surface area contributed by atoms with Crippen molar-refractivity contribution in [1.29, 1.82) is 0 Å². The Kier molecular flexibility index (Phi) is 6.21. The average molecular weight is 308 g/mol. The average Bonchev–Trinajstić information content (AvgIpc) is 2.95. The summed E-state index contributed by atoms with van der Waals surface area (Å²) in [4.78, 5) is 18.5. The molecular weight excluding hydrogens is 280 g/mol. The van der Waals surface area contributed by atoms with Crippen molar-refractivity contribution in [2.75, 3.05) is 19.6 Å². The number of unbranched alkanes of at least 4 members (excludes halogenated alkanes) is 1. The van der Waals surface area contributed by atoms with Crippen LogP contribution < -0.4 is 5.32 Å². The first-order valence-electron chi connectivity index (χ1n) is 8.45. The molecule has 2 heterocycles. The summed E-state index contributed by atoms with van der Waals surface area (Å²) in [6.45, 7) is 8.61. The smallest absolute Gasteiger partial charge is 0.317 e. The standard InChI is InChI=1S/C16H28N4O2/c1-4-5-8-17-16(21)20-9-6-7-13(11-20)15-18-14(19-22-15)10-12(2)3/h12-13H,4-11H2,1-3H3,(H,17,21). The van der Waals surface area contributed by atoms with Gasteiger partial charge in [-0.05, 0) is 25.2 Å². The Morgan fingerprint density at radius 3 is 3.05 bits per heavy atom. The van der Waals surface area contributed by atoms with E-state index in [2.05, 4.69) is 36.2 Å². The summed E-state index contributed by atoms with van der Waals surface area (Å²) in [6.07, 6.45) is 4.92. The number of nitrogens with zero attached hydrogens (tertiary/aromatic N) is 3. The van der Waals surface area contributed by atoms with Crippen LogP contribution in [-0.4, -0.2) is 40.7 Å². The number of likely N-dealkylation sites (tertiary alicyclic amines) is 1. The van der Waals surface area contributed by atoms with Crippen LogP contribution in [-0.2, 0) is 6.42 Å². The second kappa shape index (κ2) is 8.15. The van der Waals surface area contributed by atoms with Crippen LogP contribution in [0.2, 0.25) is 0 Å². The highest BCUT2D eigenvalue weighted by Crippen LogP contribution is 2.26. The fourth-order valence-electron chi connectivity index (χ4n) is 2.73. The van der Waals surface area contributed by atoms with Gasteiger partial charge in [0.05, 0.1) is 5.92 Å². The molecule has 6 heteroatoms. The first-order chi connectivity index (χ1) is 10.6. The van der Waals surface area contributed by atoms with E-state index in [1.54, 1.807) is 0 Å². The molecule has 1 fully saturated rings. The van der Waals surface area contributed by atoms with Crippen molar-refractivity contribution in [3.05, 3.63) is 11.7 Å². The maximum atomic E-state index is 12.1. The number of amides is 2.